The van der Waals surface area contributed by atoms with Gasteiger partial charge >= 0.3 is 8.25 Å². The largest absolute Gasteiger partial charge is 0.695 e. The number of benzene rings is 2. The fraction of sp³-hybridized carbons (Fsp3) is 0.368. The van der Waals surface area contributed by atoms with Gasteiger partial charge in [-0.25, -0.2) is 0 Å². The molecule has 0 heterocycles. The predicted molar refractivity (Wildman–Crippen MR) is 93.1 cm³/mol. The van der Waals surface area contributed by atoms with Crippen LogP contribution in [0.3, 0.4) is 0 Å². The molecule has 0 aliphatic heterocycles. The number of hydrogen-bond acceptors (Lipinski definition) is 3. The van der Waals surface area contributed by atoms with E-state index in [-0.39, 0.29) is 12.0 Å². The molecule has 1 saturated carbocycles. The molecule has 0 aromatic heterocycles. The van der Waals surface area contributed by atoms with Crippen molar-refractivity contribution in [2.45, 2.75) is 38.4 Å². The lowest BCUT2D eigenvalue weighted by atomic mass is 9.89. The molecule has 1 N–H and O–H groups in total. The molecular weight excluding hydrogens is 323 g/mol. The van der Waals surface area contributed by atoms with Crippen LogP contribution in [0.4, 0.5) is 0 Å². The molecule has 3 rings (SSSR count). The standard InChI is InChI=1S/C19H21O4P/c1-14(23-24(20)21)19(16-10-11-16)17-8-5-9-18(12-17)22-13-15-6-3-2-4-7-15/h2-9,12,14,16,19H,10-11,13H2,1H3/p+1. The molecule has 1 fully saturated rings. The Morgan fingerprint density at radius 2 is 1.92 bits per heavy atom. The van der Waals surface area contributed by atoms with Crippen molar-refractivity contribution in [3.05, 3.63) is 65.7 Å². The Kier molecular flexibility index (Phi) is 5.62. The third-order valence-electron chi connectivity index (χ3n) is 4.38. The number of hydrogen-bond donors (Lipinski definition) is 1. The predicted octanol–water partition coefficient (Wildman–Crippen LogP) is 4.81. The lowest BCUT2D eigenvalue weighted by Gasteiger charge is -2.20. The van der Waals surface area contributed by atoms with Crippen molar-refractivity contribution < 1.29 is 18.7 Å². The van der Waals surface area contributed by atoms with Gasteiger partial charge in [0.2, 0.25) is 0 Å². The molecule has 0 saturated heterocycles. The van der Waals surface area contributed by atoms with Crippen molar-refractivity contribution >= 4 is 8.25 Å². The van der Waals surface area contributed by atoms with Gasteiger partial charge in [0, 0.05) is 10.5 Å². The van der Waals surface area contributed by atoms with Gasteiger partial charge in [0.05, 0.1) is 0 Å². The van der Waals surface area contributed by atoms with Crippen LogP contribution in [0.1, 0.15) is 36.8 Å². The average molecular weight is 345 g/mol. The summed E-state index contributed by atoms with van der Waals surface area (Å²) in [6, 6.07) is 18.0. The SMILES string of the molecule is CC(O[P+](=O)O)C(c1cccc(OCc2ccccc2)c1)C1CC1. The van der Waals surface area contributed by atoms with E-state index in [1.165, 1.54) is 0 Å². The fourth-order valence-electron chi connectivity index (χ4n) is 3.14. The van der Waals surface area contributed by atoms with E-state index in [2.05, 4.69) is 0 Å². The molecule has 0 radical (unpaired) electrons. The first kappa shape index (κ1) is 17.1. The molecule has 3 unspecified atom stereocenters. The summed E-state index contributed by atoms with van der Waals surface area (Å²) in [7, 11) is -2.59. The second-order valence-corrected chi connectivity index (χ2v) is 6.94. The summed E-state index contributed by atoms with van der Waals surface area (Å²) >= 11 is 0. The molecule has 2 aromatic rings. The van der Waals surface area contributed by atoms with E-state index in [1.807, 2.05) is 61.5 Å². The Balaban J connectivity index is 1.71. The molecule has 24 heavy (non-hydrogen) atoms. The summed E-state index contributed by atoms with van der Waals surface area (Å²) in [4.78, 5) is 9.05. The van der Waals surface area contributed by atoms with E-state index >= 15 is 0 Å². The van der Waals surface area contributed by atoms with Gasteiger partial charge in [-0.1, -0.05) is 42.5 Å². The molecule has 1 aliphatic rings. The maximum absolute atomic E-state index is 11.0. The molecule has 126 valence electrons. The zero-order valence-electron chi connectivity index (χ0n) is 13.7. The zero-order chi connectivity index (χ0) is 16.9. The van der Waals surface area contributed by atoms with Gasteiger partial charge in [-0.3, -0.25) is 0 Å². The summed E-state index contributed by atoms with van der Waals surface area (Å²) in [5, 5.41) is 0. The van der Waals surface area contributed by atoms with E-state index < -0.39 is 8.25 Å². The minimum absolute atomic E-state index is 0.122. The molecular formula is C19H22O4P+. The Hall–Kier alpha value is -1.74. The molecule has 0 spiro atoms. The fourth-order valence-corrected chi connectivity index (χ4v) is 3.56. The molecule has 1 aliphatic carbocycles. The summed E-state index contributed by atoms with van der Waals surface area (Å²) < 4.78 is 22.1. The minimum atomic E-state index is -2.59. The summed E-state index contributed by atoms with van der Waals surface area (Å²) in [5.74, 6) is 1.44. The van der Waals surface area contributed by atoms with Gasteiger partial charge in [-0.2, -0.15) is 0 Å². The Morgan fingerprint density at radius 3 is 2.58 bits per heavy atom. The molecule has 4 nitrogen and oxygen atoms in total. The van der Waals surface area contributed by atoms with Crippen molar-refractivity contribution in [2.24, 2.45) is 5.92 Å². The number of ether oxygens (including phenoxy) is 1. The van der Waals surface area contributed by atoms with Crippen LogP contribution in [-0.2, 0) is 15.7 Å². The van der Waals surface area contributed by atoms with Crippen molar-refractivity contribution in [1.82, 2.24) is 0 Å². The van der Waals surface area contributed by atoms with Crippen molar-refractivity contribution in [2.75, 3.05) is 0 Å². The van der Waals surface area contributed by atoms with Gasteiger partial charge in [0.25, 0.3) is 0 Å². The maximum Gasteiger partial charge on any atom is 0.695 e. The van der Waals surface area contributed by atoms with Crippen LogP contribution in [0.2, 0.25) is 0 Å². The first-order chi connectivity index (χ1) is 11.6. The van der Waals surface area contributed by atoms with Crippen LogP contribution in [0.5, 0.6) is 5.75 Å². The Bertz CT molecular complexity index is 685. The smallest absolute Gasteiger partial charge is 0.489 e. The van der Waals surface area contributed by atoms with Gasteiger partial charge in [0.15, 0.2) is 0 Å². The van der Waals surface area contributed by atoms with Crippen LogP contribution in [-0.4, -0.2) is 11.0 Å². The maximum atomic E-state index is 11.0. The lowest BCUT2D eigenvalue weighted by molar-refractivity contribution is 0.167. The van der Waals surface area contributed by atoms with Crippen LogP contribution >= 0.6 is 8.25 Å². The second kappa shape index (κ2) is 7.89. The lowest BCUT2D eigenvalue weighted by Crippen LogP contribution is -2.18. The summed E-state index contributed by atoms with van der Waals surface area (Å²) in [6.07, 6.45) is 1.97. The van der Waals surface area contributed by atoms with E-state index in [4.69, 9.17) is 14.2 Å². The van der Waals surface area contributed by atoms with E-state index in [0.29, 0.717) is 12.5 Å². The minimum Gasteiger partial charge on any atom is -0.489 e. The van der Waals surface area contributed by atoms with E-state index in [9.17, 15) is 4.57 Å². The van der Waals surface area contributed by atoms with Crippen molar-refractivity contribution in [1.29, 1.82) is 0 Å². The second-order valence-electron chi connectivity index (χ2n) is 6.26. The first-order valence-corrected chi connectivity index (χ1v) is 9.36. The van der Waals surface area contributed by atoms with Crippen LogP contribution in [0.25, 0.3) is 0 Å². The monoisotopic (exact) mass is 345 g/mol. The average Bonchev–Trinajstić information content (AvgIpc) is 3.39. The molecule has 3 atom stereocenters. The highest BCUT2D eigenvalue weighted by Gasteiger charge is 2.39. The highest BCUT2D eigenvalue weighted by molar-refractivity contribution is 7.32. The van der Waals surface area contributed by atoms with E-state index in [1.54, 1.807) is 0 Å². The van der Waals surface area contributed by atoms with Crippen molar-refractivity contribution in [3.8, 4) is 5.75 Å². The van der Waals surface area contributed by atoms with Crippen molar-refractivity contribution in [3.63, 3.8) is 0 Å². The molecule has 0 amide bonds. The third kappa shape index (κ3) is 4.64. The van der Waals surface area contributed by atoms with Gasteiger partial charge in [0.1, 0.15) is 18.5 Å². The Labute approximate surface area is 143 Å². The zero-order valence-corrected chi connectivity index (χ0v) is 14.6. The highest BCUT2D eigenvalue weighted by atomic mass is 31.1. The van der Waals surface area contributed by atoms with Crippen LogP contribution in [0, 0.1) is 5.92 Å². The van der Waals surface area contributed by atoms with Gasteiger partial charge in [-0.15, -0.1) is 9.42 Å². The van der Waals surface area contributed by atoms with Gasteiger partial charge < -0.3 is 4.74 Å². The van der Waals surface area contributed by atoms with E-state index in [0.717, 1.165) is 29.7 Å². The molecule has 2 aromatic carbocycles. The third-order valence-corrected chi connectivity index (χ3v) is 4.90. The summed E-state index contributed by atoms with van der Waals surface area (Å²) in [6.45, 7) is 2.39. The molecule has 0 bridgehead atoms. The Morgan fingerprint density at radius 1 is 1.17 bits per heavy atom. The quantitative estimate of drug-likeness (QED) is 0.697. The molecule has 5 heteroatoms. The summed E-state index contributed by atoms with van der Waals surface area (Å²) in [5.41, 5.74) is 2.23. The highest BCUT2D eigenvalue weighted by Crippen LogP contribution is 2.47. The normalized spacial score (nSPS) is 17.2. The van der Waals surface area contributed by atoms with Crippen LogP contribution < -0.4 is 4.74 Å². The van der Waals surface area contributed by atoms with Crippen LogP contribution in [0.15, 0.2) is 54.6 Å². The van der Waals surface area contributed by atoms with Gasteiger partial charge in [-0.05, 0) is 48.9 Å². The topological polar surface area (TPSA) is 55.8 Å². The first-order valence-electron chi connectivity index (χ1n) is 8.23. The number of rotatable bonds is 8.